The maximum atomic E-state index is 13.1. The van der Waals surface area contributed by atoms with E-state index < -0.39 is 24.0 Å². The van der Waals surface area contributed by atoms with E-state index in [1.807, 2.05) is 30.3 Å². The van der Waals surface area contributed by atoms with Gasteiger partial charge >= 0.3 is 12.1 Å². The molecule has 2 aromatic heterocycles. The van der Waals surface area contributed by atoms with E-state index in [1.165, 1.54) is 17.2 Å². The Kier molecular flexibility index (Phi) is 7.79. The number of hydrogen-bond acceptors (Lipinski definition) is 9. The minimum absolute atomic E-state index is 0.0676. The highest BCUT2D eigenvalue weighted by Gasteiger charge is 2.36. The van der Waals surface area contributed by atoms with Gasteiger partial charge in [0.2, 0.25) is 5.91 Å². The monoisotopic (exact) mass is 550 g/mol. The van der Waals surface area contributed by atoms with Crippen molar-refractivity contribution in [3.8, 4) is 11.4 Å². The molecule has 39 heavy (non-hydrogen) atoms. The summed E-state index contributed by atoms with van der Waals surface area (Å²) in [5.41, 5.74) is 1.49. The molecule has 13 heteroatoms. The van der Waals surface area contributed by atoms with Crippen LogP contribution in [0.1, 0.15) is 38.4 Å². The molecule has 5 rings (SSSR count). The van der Waals surface area contributed by atoms with Crippen LogP contribution >= 0.6 is 11.3 Å². The lowest BCUT2D eigenvalue weighted by Crippen LogP contribution is -2.56. The van der Waals surface area contributed by atoms with E-state index in [0.717, 1.165) is 16.9 Å². The second-order valence-electron chi connectivity index (χ2n) is 9.14. The first-order valence-electron chi connectivity index (χ1n) is 12.4. The standard InChI is InChI=1S/C26H26N6O6S/c33-22(29-17-12-27-13-17)16-8-9-18(28-11-16)20-21(24(35)36)39-25(30-20)31-23(34)19-7-4-10-32(19)26(37)38-14-15-5-2-1-3-6-15/h1-3,5-6,8-9,11,17,19,27H,4,7,10,12-14H2,(H,29,33)(H,35,36)(H,30,31,34)/t19-/m1/s1. The Morgan fingerprint density at radius 1 is 1.13 bits per heavy atom. The fraction of sp³-hybridized carbons (Fsp3) is 0.308. The molecule has 0 bridgehead atoms. The fourth-order valence-electron chi connectivity index (χ4n) is 4.27. The predicted octanol–water partition coefficient (Wildman–Crippen LogP) is 2.34. The number of carbonyl (C=O) groups is 4. The summed E-state index contributed by atoms with van der Waals surface area (Å²) in [5.74, 6) is -1.98. The van der Waals surface area contributed by atoms with Crippen LogP contribution in [-0.4, -0.2) is 75.6 Å². The van der Waals surface area contributed by atoms with Gasteiger partial charge in [0.15, 0.2) is 5.13 Å². The number of nitrogens with zero attached hydrogens (tertiary/aromatic N) is 3. The number of aromatic carboxylic acids is 1. The number of carbonyl (C=O) groups excluding carboxylic acids is 3. The number of thiazole rings is 1. The molecule has 0 radical (unpaired) electrons. The summed E-state index contributed by atoms with van der Waals surface area (Å²) < 4.78 is 5.39. The lowest BCUT2D eigenvalue weighted by atomic mass is 10.1. The zero-order chi connectivity index (χ0) is 27.4. The molecule has 3 amide bonds. The number of anilines is 1. The SMILES string of the molecule is O=C(NC1CNC1)c1ccc(-c2nc(NC(=O)[C@H]3CCCN3C(=O)OCc3ccccc3)sc2C(=O)O)nc1. The molecular formula is C26H26N6O6S. The van der Waals surface area contributed by atoms with Crippen molar-refractivity contribution in [2.24, 2.45) is 0 Å². The van der Waals surface area contributed by atoms with Crippen LogP contribution in [0.2, 0.25) is 0 Å². The summed E-state index contributed by atoms with van der Waals surface area (Å²) in [6, 6.07) is 11.6. The second-order valence-corrected chi connectivity index (χ2v) is 10.1. The van der Waals surface area contributed by atoms with Crippen LogP contribution in [0.5, 0.6) is 0 Å². The first-order valence-corrected chi connectivity index (χ1v) is 13.2. The number of carboxylic acids is 1. The van der Waals surface area contributed by atoms with E-state index in [-0.39, 0.29) is 40.0 Å². The van der Waals surface area contributed by atoms with Gasteiger partial charge in [-0.3, -0.25) is 19.5 Å². The van der Waals surface area contributed by atoms with Crippen LogP contribution in [0.4, 0.5) is 9.93 Å². The predicted molar refractivity (Wildman–Crippen MR) is 141 cm³/mol. The van der Waals surface area contributed by atoms with Crippen LogP contribution in [0.25, 0.3) is 11.4 Å². The van der Waals surface area contributed by atoms with Crippen molar-refractivity contribution in [3.63, 3.8) is 0 Å². The van der Waals surface area contributed by atoms with Crippen molar-refractivity contribution in [2.75, 3.05) is 25.0 Å². The Bertz CT molecular complexity index is 1380. The Morgan fingerprint density at radius 2 is 1.92 bits per heavy atom. The van der Waals surface area contributed by atoms with Gasteiger partial charge in [-0.05, 0) is 30.5 Å². The number of pyridine rings is 1. The Hall–Kier alpha value is -4.36. The molecule has 0 aliphatic carbocycles. The van der Waals surface area contributed by atoms with E-state index >= 15 is 0 Å². The maximum absolute atomic E-state index is 13.1. The third-order valence-electron chi connectivity index (χ3n) is 6.43. The largest absolute Gasteiger partial charge is 0.477 e. The van der Waals surface area contributed by atoms with E-state index in [9.17, 15) is 24.3 Å². The van der Waals surface area contributed by atoms with Gasteiger partial charge in [-0.1, -0.05) is 41.7 Å². The molecule has 202 valence electrons. The first kappa shape index (κ1) is 26.3. The number of hydrogen-bond donors (Lipinski definition) is 4. The highest BCUT2D eigenvalue weighted by Crippen LogP contribution is 2.31. The van der Waals surface area contributed by atoms with Crippen LogP contribution in [0, 0.1) is 0 Å². The molecule has 2 saturated heterocycles. The molecule has 3 aromatic rings. The van der Waals surface area contributed by atoms with Crippen molar-refractivity contribution in [2.45, 2.75) is 31.5 Å². The number of amides is 3. The van der Waals surface area contributed by atoms with Gasteiger partial charge in [0.25, 0.3) is 5.91 Å². The number of ether oxygens (including phenoxy) is 1. The van der Waals surface area contributed by atoms with Crippen LogP contribution in [0.15, 0.2) is 48.7 Å². The first-order chi connectivity index (χ1) is 18.9. The molecule has 0 saturated carbocycles. The quantitative estimate of drug-likeness (QED) is 0.330. The normalized spacial score (nSPS) is 16.8. The molecule has 2 aliphatic heterocycles. The summed E-state index contributed by atoms with van der Waals surface area (Å²) in [6.07, 6.45) is 1.84. The number of rotatable bonds is 8. The average molecular weight is 551 g/mol. The molecule has 1 atom stereocenters. The lowest BCUT2D eigenvalue weighted by molar-refractivity contribution is -0.120. The minimum atomic E-state index is -1.23. The summed E-state index contributed by atoms with van der Waals surface area (Å²) >= 11 is 0.793. The van der Waals surface area contributed by atoms with Gasteiger partial charge in [-0.25, -0.2) is 14.6 Å². The Balaban J connectivity index is 1.25. The molecule has 12 nitrogen and oxygen atoms in total. The van der Waals surface area contributed by atoms with E-state index in [4.69, 9.17) is 4.74 Å². The van der Waals surface area contributed by atoms with Crippen molar-refractivity contribution in [3.05, 3.63) is 64.7 Å². The number of nitrogens with one attached hydrogen (secondary N) is 3. The fourth-order valence-corrected chi connectivity index (χ4v) is 5.08. The summed E-state index contributed by atoms with van der Waals surface area (Å²) in [5, 5.41) is 18.4. The van der Waals surface area contributed by atoms with Crippen molar-refractivity contribution in [1.29, 1.82) is 0 Å². The van der Waals surface area contributed by atoms with E-state index in [2.05, 4.69) is 25.9 Å². The minimum Gasteiger partial charge on any atom is -0.477 e. The molecule has 2 aliphatic rings. The van der Waals surface area contributed by atoms with Gasteiger partial charge in [-0.2, -0.15) is 0 Å². The van der Waals surface area contributed by atoms with E-state index in [0.29, 0.717) is 38.0 Å². The van der Waals surface area contributed by atoms with E-state index in [1.54, 1.807) is 6.07 Å². The third-order valence-corrected chi connectivity index (χ3v) is 7.39. The number of benzene rings is 1. The summed E-state index contributed by atoms with van der Waals surface area (Å²) in [4.78, 5) is 59.8. The Labute approximate surface area is 227 Å². The van der Waals surface area contributed by atoms with Crippen LogP contribution in [-0.2, 0) is 16.1 Å². The lowest BCUT2D eigenvalue weighted by Gasteiger charge is -2.27. The molecule has 2 fully saturated rings. The summed E-state index contributed by atoms with van der Waals surface area (Å²) in [6.45, 7) is 1.88. The van der Waals surface area contributed by atoms with Crippen LogP contribution in [0.3, 0.4) is 0 Å². The maximum Gasteiger partial charge on any atom is 0.410 e. The highest BCUT2D eigenvalue weighted by molar-refractivity contribution is 7.18. The van der Waals surface area contributed by atoms with Crippen molar-refractivity contribution < 1.29 is 29.0 Å². The number of carboxylic acid groups (broad SMARTS) is 1. The molecule has 1 aromatic carbocycles. The average Bonchev–Trinajstić information content (AvgIpc) is 3.58. The summed E-state index contributed by atoms with van der Waals surface area (Å²) in [7, 11) is 0. The number of aromatic nitrogens is 2. The molecule has 0 spiro atoms. The van der Waals surface area contributed by atoms with Crippen molar-refractivity contribution >= 4 is 40.3 Å². The number of likely N-dealkylation sites (tertiary alicyclic amines) is 1. The third kappa shape index (κ3) is 6.04. The van der Waals surface area contributed by atoms with Gasteiger partial charge in [0, 0.05) is 25.8 Å². The zero-order valence-electron chi connectivity index (χ0n) is 20.8. The molecule has 4 N–H and O–H groups in total. The van der Waals surface area contributed by atoms with Gasteiger partial charge in [0.1, 0.15) is 23.2 Å². The second kappa shape index (κ2) is 11.6. The van der Waals surface area contributed by atoms with Gasteiger partial charge in [-0.15, -0.1) is 0 Å². The van der Waals surface area contributed by atoms with Gasteiger partial charge < -0.3 is 25.8 Å². The van der Waals surface area contributed by atoms with Gasteiger partial charge in [0.05, 0.1) is 17.3 Å². The Morgan fingerprint density at radius 3 is 2.59 bits per heavy atom. The molecule has 4 heterocycles. The topological polar surface area (TPSA) is 163 Å². The van der Waals surface area contributed by atoms with Crippen molar-refractivity contribution in [1.82, 2.24) is 25.5 Å². The zero-order valence-corrected chi connectivity index (χ0v) is 21.6. The molecular weight excluding hydrogens is 524 g/mol. The highest BCUT2D eigenvalue weighted by atomic mass is 32.1. The molecule has 0 unspecified atom stereocenters. The smallest absolute Gasteiger partial charge is 0.410 e. The van der Waals surface area contributed by atoms with Crippen LogP contribution < -0.4 is 16.0 Å².